The highest BCUT2D eigenvalue weighted by Gasteiger charge is 2.16. The van der Waals surface area contributed by atoms with E-state index in [2.05, 4.69) is 13.8 Å². The topological polar surface area (TPSA) is 72.8 Å². The number of rotatable bonds is 25. The van der Waals surface area contributed by atoms with Gasteiger partial charge in [0.2, 0.25) is 0 Å². The van der Waals surface area contributed by atoms with E-state index >= 15 is 0 Å². The molecule has 0 aromatic carbocycles. The Hall–Kier alpha value is -1.10. The highest BCUT2D eigenvalue weighted by Crippen LogP contribution is 2.13. The summed E-state index contributed by atoms with van der Waals surface area (Å²) in [6.45, 7) is 4.07. The Morgan fingerprint density at radius 2 is 0.939 bits per heavy atom. The Balaban J connectivity index is 3.58. The van der Waals surface area contributed by atoms with Gasteiger partial charge in [0.25, 0.3) is 0 Å². The van der Waals surface area contributed by atoms with E-state index in [1.54, 1.807) is 0 Å². The molecule has 0 radical (unpaired) electrons. The van der Waals surface area contributed by atoms with Crippen molar-refractivity contribution in [3.63, 3.8) is 0 Å². The number of carbonyl (C=O) groups excluding carboxylic acids is 2. The SMILES string of the molecule is CCCCCCCCCCCCCCC(=O)O[C@@H](CO)COC(=O)CCCCCCCCC. The molecule has 0 saturated carbocycles. The maximum atomic E-state index is 12.0. The first-order valence-corrected chi connectivity index (χ1v) is 14.1. The second-order valence-electron chi connectivity index (χ2n) is 9.49. The molecule has 33 heavy (non-hydrogen) atoms. The van der Waals surface area contributed by atoms with E-state index in [-0.39, 0.29) is 25.2 Å². The average molecular weight is 471 g/mol. The lowest BCUT2D eigenvalue weighted by atomic mass is 10.0. The molecule has 5 nitrogen and oxygen atoms in total. The highest BCUT2D eigenvalue weighted by molar-refractivity contribution is 5.70. The molecule has 0 unspecified atom stereocenters. The molecule has 0 aromatic rings. The number of hydrogen-bond donors (Lipinski definition) is 1. The summed E-state index contributed by atoms with van der Waals surface area (Å²) in [7, 11) is 0. The number of aliphatic hydroxyl groups excluding tert-OH is 1. The van der Waals surface area contributed by atoms with Gasteiger partial charge in [-0.2, -0.15) is 0 Å². The van der Waals surface area contributed by atoms with Crippen LogP contribution in [0, 0.1) is 0 Å². The first-order chi connectivity index (χ1) is 16.1. The van der Waals surface area contributed by atoms with E-state index in [1.807, 2.05) is 0 Å². The lowest BCUT2D eigenvalue weighted by Crippen LogP contribution is -2.28. The van der Waals surface area contributed by atoms with Crippen molar-refractivity contribution >= 4 is 11.9 Å². The van der Waals surface area contributed by atoms with Crippen LogP contribution in [0.5, 0.6) is 0 Å². The zero-order valence-corrected chi connectivity index (χ0v) is 21.9. The third-order valence-electron chi connectivity index (χ3n) is 6.15. The zero-order chi connectivity index (χ0) is 24.4. The van der Waals surface area contributed by atoms with Crippen LogP contribution in [-0.4, -0.2) is 36.4 Å². The molecule has 0 saturated heterocycles. The minimum Gasteiger partial charge on any atom is -0.462 e. The molecule has 0 rings (SSSR count). The molecule has 1 N–H and O–H groups in total. The molecule has 0 aliphatic carbocycles. The second kappa shape index (κ2) is 25.5. The Labute approximate surface area is 204 Å². The smallest absolute Gasteiger partial charge is 0.306 e. The molecule has 0 spiro atoms. The van der Waals surface area contributed by atoms with Gasteiger partial charge in [-0.1, -0.05) is 123 Å². The zero-order valence-electron chi connectivity index (χ0n) is 21.9. The van der Waals surface area contributed by atoms with Crippen LogP contribution in [-0.2, 0) is 19.1 Å². The van der Waals surface area contributed by atoms with Gasteiger partial charge < -0.3 is 14.6 Å². The molecule has 1 atom stereocenters. The lowest BCUT2D eigenvalue weighted by Gasteiger charge is -2.15. The van der Waals surface area contributed by atoms with Gasteiger partial charge in [0.05, 0.1) is 6.61 Å². The maximum Gasteiger partial charge on any atom is 0.306 e. The number of carbonyl (C=O) groups is 2. The summed E-state index contributed by atoms with van der Waals surface area (Å²) in [6, 6.07) is 0. The van der Waals surface area contributed by atoms with E-state index in [1.165, 1.54) is 83.5 Å². The van der Waals surface area contributed by atoms with Crippen LogP contribution in [0.3, 0.4) is 0 Å². The molecule has 0 amide bonds. The van der Waals surface area contributed by atoms with Crippen molar-refractivity contribution in [3.05, 3.63) is 0 Å². The van der Waals surface area contributed by atoms with Gasteiger partial charge in [-0.05, 0) is 12.8 Å². The minimum absolute atomic E-state index is 0.0595. The fourth-order valence-electron chi connectivity index (χ4n) is 3.96. The monoisotopic (exact) mass is 470 g/mol. The van der Waals surface area contributed by atoms with Crippen LogP contribution in [0.1, 0.15) is 149 Å². The van der Waals surface area contributed by atoms with Crippen molar-refractivity contribution in [2.24, 2.45) is 0 Å². The van der Waals surface area contributed by atoms with Crippen molar-refractivity contribution in [2.75, 3.05) is 13.2 Å². The number of hydrogen-bond acceptors (Lipinski definition) is 5. The first kappa shape index (κ1) is 31.9. The van der Waals surface area contributed by atoms with Gasteiger partial charge >= 0.3 is 11.9 Å². The summed E-state index contributed by atoms with van der Waals surface area (Å²) in [5, 5.41) is 9.41. The highest BCUT2D eigenvalue weighted by atomic mass is 16.6. The van der Waals surface area contributed by atoms with Crippen molar-refractivity contribution < 1.29 is 24.2 Å². The Morgan fingerprint density at radius 1 is 0.576 bits per heavy atom. The summed E-state index contributed by atoms with van der Waals surface area (Å²) < 4.78 is 10.4. The van der Waals surface area contributed by atoms with Crippen molar-refractivity contribution in [1.29, 1.82) is 0 Å². The van der Waals surface area contributed by atoms with Gasteiger partial charge in [0.1, 0.15) is 6.61 Å². The number of esters is 2. The molecular formula is C28H54O5. The van der Waals surface area contributed by atoms with E-state index < -0.39 is 6.10 Å². The van der Waals surface area contributed by atoms with Crippen LogP contribution in [0.4, 0.5) is 0 Å². The fraction of sp³-hybridized carbons (Fsp3) is 0.929. The maximum absolute atomic E-state index is 12.0. The average Bonchev–Trinajstić information content (AvgIpc) is 2.81. The van der Waals surface area contributed by atoms with E-state index in [9.17, 15) is 14.7 Å². The Morgan fingerprint density at radius 3 is 1.33 bits per heavy atom. The van der Waals surface area contributed by atoms with Crippen molar-refractivity contribution in [2.45, 2.75) is 155 Å². The predicted molar refractivity (Wildman–Crippen MR) is 136 cm³/mol. The quantitative estimate of drug-likeness (QED) is 0.109. The Kier molecular flexibility index (Phi) is 24.7. The largest absolute Gasteiger partial charge is 0.462 e. The molecule has 0 aliphatic heterocycles. The van der Waals surface area contributed by atoms with Crippen LogP contribution in [0.2, 0.25) is 0 Å². The van der Waals surface area contributed by atoms with Gasteiger partial charge in [-0.3, -0.25) is 9.59 Å². The van der Waals surface area contributed by atoms with Crippen LogP contribution < -0.4 is 0 Å². The predicted octanol–water partition coefficient (Wildman–Crippen LogP) is 7.67. The van der Waals surface area contributed by atoms with Crippen LogP contribution >= 0.6 is 0 Å². The second-order valence-corrected chi connectivity index (χ2v) is 9.49. The third-order valence-corrected chi connectivity index (χ3v) is 6.15. The van der Waals surface area contributed by atoms with E-state index in [4.69, 9.17) is 9.47 Å². The summed E-state index contributed by atoms with van der Waals surface area (Å²) in [5.74, 6) is -0.594. The normalized spacial score (nSPS) is 12.0. The Bertz CT molecular complexity index is 438. The molecular weight excluding hydrogens is 416 g/mol. The van der Waals surface area contributed by atoms with Crippen LogP contribution in [0.25, 0.3) is 0 Å². The number of aliphatic hydroxyl groups is 1. The molecule has 0 heterocycles. The molecule has 5 heteroatoms. The molecule has 0 aromatic heterocycles. The molecule has 196 valence electrons. The lowest BCUT2D eigenvalue weighted by molar-refractivity contribution is -0.161. The van der Waals surface area contributed by atoms with Gasteiger partial charge in [-0.15, -0.1) is 0 Å². The third kappa shape index (κ3) is 23.8. The number of ether oxygens (including phenoxy) is 2. The van der Waals surface area contributed by atoms with Crippen molar-refractivity contribution in [3.8, 4) is 0 Å². The number of unbranched alkanes of at least 4 members (excludes halogenated alkanes) is 17. The molecule has 0 fully saturated rings. The van der Waals surface area contributed by atoms with E-state index in [0.717, 1.165) is 38.5 Å². The molecule has 0 bridgehead atoms. The summed E-state index contributed by atoms with van der Waals surface area (Å²) in [4.78, 5) is 23.8. The van der Waals surface area contributed by atoms with Crippen molar-refractivity contribution in [1.82, 2.24) is 0 Å². The van der Waals surface area contributed by atoms with E-state index in [0.29, 0.717) is 12.8 Å². The minimum atomic E-state index is -0.757. The van der Waals surface area contributed by atoms with Gasteiger partial charge in [-0.25, -0.2) is 0 Å². The summed E-state index contributed by atoms with van der Waals surface area (Å²) in [6.07, 6.45) is 23.0. The first-order valence-electron chi connectivity index (χ1n) is 14.1. The van der Waals surface area contributed by atoms with Gasteiger partial charge in [0, 0.05) is 12.8 Å². The fourth-order valence-corrected chi connectivity index (χ4v) is 3.96. The van der Waals surface area contributed by atoms with Crippen LogP contribution in [0.15, 0.2) is 0 Å². The summed E-state index contributed by atoms with van der Waals surface area (Å²) in [5.41, 5.74) is 0. The standard InChI is InChI=1S/C28H54O5/c1-3-5-7-9-11-12-13-14-15-17-19-21-23-28(31)33-26(24-29)25-32-27(30)22-20-18-16-10-8-6-4-2/h26,29H,3-25H2,1-2H3/t26-/m0/s1. The van der Waals surface area contributed by atoms with Gasteiger partial charge in [0.15, 0.2) is 6.10 Å². The summed E-state index contributed by atoms with van der Waals surface area (Å²) >= 11 is 0. The molecule has 0 aliphatic rings.